The van der Waals surface area contributed by atoms with Crippen molar-refractivity contribution in [2.24, 2.45) is 0 Å². The molecule has 0 aromatic carbocycles. The van der Waals surface area contributed by atoms with Crippen LogP contribution in [-0.2, 0) is 19.1 Å². The summed E-state index contributed by atoms with van der Waals surface area (Å²) < 4.78 is 10.2. The molecule has 1 aromatic heterocycles. The van der Waals surface area contributed by atoms with Crippen molar-refractivity contribution >= 4 is 11.9 Å². The molecule has 0 radical (unpaired) electrons. The van der Waals surface area contributed by atoms with Gasteiger partial charge in [-0.2, -0.15) is 0 Å². The molecule has 0 aliphatic carbocycles. The van der Waals surface area contributed by atoms with Crippen LogP contribution in [0.5, 0.6) is 0 Å². The fourth-order valence-corrected chi connectivity index (χ4v) is 1.40. The summed E-state index contributed by atoms with van der Waals surface area (Å²) in [5.41, 5.74) is -1.52. The van der Waals surface area contributed by atoms with Crippen molar-refractivity contribution in [2.45, 2.75) is 19.9 Å². The van der Waals surface area contributed by atoms with Crippen LogP contribution in [0.2, 0.25) is 0 Å². The second kappa shape index (κ2) is 6.53. The molecule has 0 bridgehead atoms. The summed E-state index contributed by atoms with van der Waals surface area (Å²) in [4.78, 5) is 47.9. The van der Waals surface area contributed by atoms with E-state index in [0.717, 1.165) is 16.8 Å². The van der Waals surface area contributed by atoms with Crippen LogP contribution in [0.15, 0.2) is 21.9 Å². The van der Waals surface area contributed by atoms with Gasteiger partial charge in [-0.3, -0.25) is 14.3 Å². The summed E-state index contributed by atoms with van der Waals surface area (Å²) in [6.07, 6.45) is 1.04. The number of H-pyrrole nitrogens is 1. The summed E-state index contributed by atoms with van der Waals surface area (Å²) in [6, 6.07) is -0.545. The lowest BCUT2D eigenvalue weighted by Gasteiger charge is -2.15. The summed E-state index contributed by atoms with van der Waals surface area (Å²) in [5.74, 6) is -1.84. The normalized spacial score (nSPS) is 10.3. The number of nitrogens with zero attached hydrogens (tertiary/aromatic N) is 1. The van der Waals surface area contributed by atoms with Crippen molar-refractivity contribution in [1.82, 2.24) is 9.55 Å². The Labute approximate surface area is 108 Å². The number of aromatic amines is 1. The van der Waals surface area contributed by atoms with Crippen LogP contribution in [0.4, 0.5) is 0 Å². The number of rotatable bonds is 5. The average molecular weight is 270 g/mol. The van der Waals surface area contributed by atoms with Gasteiger partial charge in [0.15, 0.2) is 0 Å². The zero-order valence-corrected chi connectivity index (χ0v) is 10.5. The van der Waals surface area contributed by atoms with Gasteiger partial charge in [0.25, 0.3) is 5.56 Å². The number of carbonyl (C=O) groups is 2. The maximum Gasteiger partial charge on any atom is 0.341 e. The number of aromatic nitrogens is 2. The standard InChI is InChI=1S/C11H14N2O6/c1-3-18-9(15)8(10(16)19-4-2)13-6-5-7(14)12-11(13)17/h5-6,8H,3-4H2,1-2H3,(H,12,14,17). The Balaban J connectivity index is 3.22. The maximum atomic E-state index is 11.7. The molecule has 0 saturated carbocycles. The smallest absolute Gasteiger partial charge is 0.341 e. The van der Waals surface area contributed by atoms with Crippen molar-refractivity contribution < 1.29 is 19.1 Å². The van der Waals surface area contributed by atoms with Gasteiger partial charge in [0.1, 0.15) is 0 Å². The Kier molecular flexibility index (Phi) is 5.04. The van der Waals surface area contributed by atoms with E-state index in [2.05, 4.69) is 0 Å². The molecule has 0 spiro atoms. The average Bonchev–Trinajstić information content (AvgIpc) is 2.33. The number of nitrogens with one attached hydrogen (secondary N) is 1. The molecule has 1 rings (SSSR count). The molecule has 0 saturated heterocycles. The van der Waals surface area contributed by atoms with Gasteiger partial charge < -0.3 is 9.47 Å². The van der Waals surface area contributed by atoms with E-state index in [1.807, 2.05) is 4.98 Å². The molecule has 19 heavy (non-hydrogen) atoms. The lowest BCUT2D eigenvalue weighted by Crippen LogP contribution is -2.40. The van der Waals surface area contributed by atoms with Crippen molar-refractivity contribution in [3.8, 4) is 0 Å². The highest BCUT2D eigenvalue weighted by Crippen LogP contribution is 2.08. The van der Waals surface area contributed by atoms with Gasteiger partial charge in [-0.25, -0.2) is 14.4 Å². The molecular weight excluding hydrogens is 256 g/mol. The second-order valence-corrected chi connectivity index (χ2v) is 3.42. The predicted molar refractivity (Wildman–Crippen MR) is 63.6 cm³/mol. The first-order valence-electron chi connectivity index (χ1n) is 5.66. The number of hydrogen-bond acceptors (Lipinski definition) is 6. The minimum absolute atomic E-state index is 0.0485. The molecule has 8 heteroatoms. The molecule has 1 aromatic rings. The molecular formula is C11H14N2O6. The number of ether oxygens (including phenoxy) is 2. The summed E-state index contributed by atoms with van der Waals surface area (Å²) in [5, 5.41) is 0. The highest BCUT2D eigenvalue weighted by Gasteiger charge is 2.32. The van der Waals surface area contributed by atoms with Gasteiger partial charge in [0, 0.05) is 12.3 Å². The van der Waals surface area contributed by atoms with E-state index in [4.69, 9.17) is 9.47 Å². The lowest BCUT2D eigenvalue weighted by atomic mass is 10.3. The lowest BCUT2D eigenvalue weighted by molar-refractivity contribution is -0.160. The molecule has 104 valence electrons. The van der Waals surface area contributed by atoms with Crippen LogP contribution in [0.25, 0.3) is 0 Å². The summed E-state index contributed by atoms with van der Waals surface area (Å²) >= 11 is 0. The molecule has 1 heterocycles. The highest BCUT2D eigenvalue weighted by molar-refractivity contribution is 5.97. The number of esters is 2. The van der Waals surface area contributed by atoms with Crippen LogP contribution < -0.4 is 11.2 Å². The first-order chi connectivity index (χ1) is 9.01. The Hall–Kier alpha value is -2.38. The Morgan fingerprint density at radius 2 is 1.74 bits per heavy atom. The molecule has 8 nitrogen and oxygen atoms in total. The van der Waals surface area contributed by atoms with Gasteiger partial charge in [-0.1, -0.05) is 0 Å². The fourth-order valence-electron chi connectivity index (χ4n) is 1.40. The van der Waals surface area contributed by atoms with E-state index >= 15 is 0 Å². The van der Waals surface area contributed by atoms with Gasteiger partial charge in [0.05, 0.1) is 13.2 Å². The summed E-state index contributed by atoms with van der Waals surface area (Å²) in [6.45, 7) is 3.23. The molecule has 0 atom stereocenters. The number of hydrogen-bond donors (Lipinski definition) is 1. The van der Waals surface area contributed by atoms with Gasteiger partial charge in [-0.05, 0) is 13.8 Å². The Morgan fingerprint density at radius 3 is 2.16 bits per heavy atom. The Morgan fingerprint density at radius 1 is 1.21 bits per heavy atom. The minimum Gasteiger partial charge on any atom is -0.464 e. The number of carbonyl (C=O) groups excluding carboxylic acids is 2. The molecule has 0 fully saturated rings. The fraction of sp³-hybridized carbons (Fsp3) is 0.455. The van der Waals surface area contributed by atoms with Gasteiger partial charge in [-0.15, -0.1) is 0 Å². The summed E-state index contributed by atoms with van der Waals surface area (Å²) in [7, 11) is 0. The highest BCUT2D eigenvalue weighted by atomic mass is 16.6. The van der Waals surface area contributed by atoms with Crippen molar-refractivity contribution in [3.63, 3.8) is 0 Å². The van der Waals surface area contributed by atoms with E-state index in [9.17, 15) is 19.2 Å². The topological polar surface area (TPSA) is 107 Å². The third-order valence-corrected chi connectivity index (χ3v) is 2.15. The third-order valence-electron chi connectivity index (χ3n) is 2.15. The van der Waals surface area contributed by atoms with Crippen LogP contribution in [0.3, 0.4) is 0 Å². The van der Waals surface area contributed by atoms with Gasteiger partial charge in [0.2, 0.25) is 6.04 Å². The van der Waals surface area contributed by atoms with E-state index in [0.29, 0.717) is 0 Å². The Bertz CT molecular complexity index is 555. The quantitative estimate of drug-likeness (QED) is 0.554. The SMILES string of the molecule is CCOC(=O)C(C(=O)OCC)n1ccc(=O)[nH]c1=O. The zero-order chi connectivity index (χ0) is 14.4. The van der Waals surface area contributed by atoms with Crippen LogP contribution in [0, 0.1) is 0 Å². The van der Waals surface area contributed by atoms with E-state index in [-0.39, 0.29) is 13.2 Å². The third kappa shape index (κ3) is 3.54. The van der Waals surface area contributed by atoms with Crippen LogP contribution in [0.1, 0.15) is 19.9 Å². The van der Waals surface area contributed by atoms with E-state index in [1.54, 1.807) is 13.8 Å². The van der Waals surface area contributed by atoms with Crippen molar-refractivity contribution in [1.29, 1.82) is 0 Å². The zero-order valence-electron chi connectivity index (χ0n) is 10.5. The van der Waals surface area contributed by atoms with E-state index < -0.39 is 29.2 Å². The van der Waals surface area contributed by atoms with Crippen LogP contribution >= 0.6 is 0 Å². The largest absolute Gasteiger partial charge is 0.464 e. The monoisotopic (exact) mass is 270 g/mol. The predicted octanol–water partition coefficient (Wildman–Crippen LogP) is -0.796. The molecule has 1 N–H and O–H groups in total. The second-order valence-electron chi connectivity index (χ2n) is 3.42. The first-order valence-corrected chi connectivity index (χ1v) is 5.66. The van der Waals surface area contributed by atoms with Crippen LogP contribution in [-0.4, -0.2) is 34.7 Å². The first kappa shape index (κ1) is 14.7. The molecule has 0 amide bonds. The maximum absolute atomic E-state index is 11.7. The molecule has 0 aliphatic heterocycles. The van der Waals surface area contributed by atoms with Crippen molar-refractivity contribution in [3.05, 3.63) is 33.1 Å². The van der Waals surface area contributed by atoms with Gasteiger partial charge >= 0.3 is 17.6 Å². The van der Waals surface area contributed by atoms with Crippen molar-refractivity contribution in [2.75, 3.05) is 13.2 Å². The minimum atomic E-state index is -1.57. The molecule has 0 unspecified atom stereocenters. The molecule has 0 aliphatic rings. The van der Waals surface area contributed by atoms with E-state index in [1.165, 1.54) is 0 Å².